The van der Waals surface area contributed by atoms with Gasteiger partial charge in [-0.1, -0.05) is 44.2 Å². The Kier molecular flexibility index (Phi) is 3.29. The number of anilines is 1. The van der Waals surface area contributed by atoms with Crippen molar-refractivity contribution in [2.75, 3.05) is 5.32 Å². The number of aryl methyl sites for hydroxylation is 2. The van der Waals surface area contributed by atoms with E-state index in [1.165, 1.54) is 33.5 Å². The summed E-state index contributed by atoms with van der Waals surface area (Å²) in [5.74, 6) is 0.598. The molecule has 1 atom stereocenters. The third-order valence-electron chi connectivity index (χ3n) is 4.48. The lowest BCUT2D eigenvalue weighted by molar-refractivity contribution is 0.817. The molecule has 104 valence electrons. The van der Waals surface area contributed by atoms with Crippen molar-refractivity contribution >= 4 is 5.69 Å². The monoisotopic (exact) mass is 265 g/mol. The lowest BCUT2D eigenvalue weighted by atomic mass is 9.96. The van der Waals surface area contributed by atoms with E-state index in [0.717, 1.165) is 6.42 Å². The Morgan fingerprint density at radius 1 is 1.00 bits per heavy atom. The second kappa shape index (κ2) is 4.97. The van der Waals surface area contributed by atoms with Crippen molar-refractivity contribution in [2.45, 2.75) is 46.1 Å². The van der Waals surface area contributed by atoms with E-state index in [4.69, 9.17) is 0 Å². The molecule has 2 aromatic carbocycles. The highest BCUT2D eigenvalue weighted by molar-refractivity contribution is 5.59. The molecule has 0 saturated heterocycles. The van der Waals surface area contributed by atoms with Crippen LogP contribution in [0.1, 0.15) is 53.6 Å². The van der Waals surface area contributed by atoms with Crippen molar-refractivity contribution in [3.8, 4) is 0 Å². The fourth-order valence-electron chi connectivity index (χ4n) is 2.92. The van der Waals surface area contributed by atoms with Gasteiger partial charge in [0.15, 0.2) is 0 Å². The number of benzene rings is 2. The van der Waals surface area contributed by atoms with Gasteiger partial charge < -0.3 is 5.32 Å². The van der Waals surface area contributed by atoms with E-state index in [2.05, 4.69) is 69.4 Å². The molecule has 0 aliphatic carbocycles. The quantitative estimate of drug-likeness (QED) is 0.793. The molecule has 2 aromatic rings. The van der Waals surface area contributed by atoms with Gasteiger partial charge in [-0.2, -0.15) is 0 Å². The van der Waals surface area contributed by atoms with Gasteiger partial charge in [-0.3, -0.25) is 0 Å². The maximum Gasteiger partial charge on any atom is 0.0555 e. The van der Waals surface area contributed by atoms with Gasteiger partial charge in [-0.25, -0.2) is 0 Å². The fourth-order valence-corrected chi connectivity index (χ4v) is 2.92. The Bertz CT molecular complexity index is 640. The van der Waals surface area contributed by atoms with E-state index in [9.17, 15) is 0 Å². The van der Waals surface area contributed by atoms with Crippen LogP contribution in [0, 0.1) is 13.8 Å². The van der Waals surface area contributed by atoms with Crippen LogP contribution in [0.15, 0.2) is 36.4 Å². The van der Waals surface area contributed by atoms with Crippen molar-refractivity contribution in [3.63, 3.8) is 0 Å². The highest BCUT2D eigenvalue weighted by atomic mass is 14.9. The van der Waals surface area contributed by atoms with Crippen LogP contribution in [0.25, 0.3) is 0 Å². The molecule has 0 spiro atoms. The molecule has 0 bridgehead atoms. The van der Waals surface area contributed by atoms with Gasteiger partial charge in [0.2, 0.25) is 0 Å². The molecule has 1 heterocycles. The highest BCUT2D eigenvalue weighted by Gasteiger charge is 2.22. The topological polar surface area (TPSA) is 12.0 Å². The molecule has 0 fully saturated rings. The normalized spacial score (nSPS) is 17.1. The minimum Gasteiger partial charge on any atom is -0.378 e. The summed E-state index contributed by atoms with van der Waals surface area (Å²) in [4.78, 5) is 0. The number of nitrogens with one attached hydrogen (secondary N) is 1. The molecule has 0 radical (unpaired) electrons. The van der Waals surface area contributed by atoms with Crippen molar-refractivity contribution in [2.24, 2.45) is 0 Å². The number of fused-ring (bicyclic) bond motifs is 1. The van der Waals surface area contributed by atoms with Crippen LogP contribution in [0.5, 0.6) is 0 Å². The van der Waals surface area contributed by atoms with E-state index in [0.29, 0.717) is 12.0 Å². The Morgan fingerprint density at radius 3 is 2.50 bits per heavy atom. The summed E-state index contributed by atoms with van der Waals surface area (Å²) in [6.07, 6.45) is 1.10. The summed E-state index contributed by atoms with van der Waals surface area (Å²) in [6.45, 7) is 8.87. The molecular weight excluding hydrogens is 242 g/mol. The third kappa shape index (κ3) is 2.33. The van der Waals surface area contributed by atoms with E-state index >= 15 is 0 Å². The van der Waals surface area contributed by atoms with Gasteiger partial charge >= 0.3 is 0 Å². The summed E-state index contributed by atoms with van der Waals surface area (Å²) < 4.78 is 0. The van der Waals surface area contributed by atoms with Crippen molar-refractivity contribution in [3.05, 3.63) is 64.2 Å². The SMILES string of the molecule is Cc1ccc(C2Cc3cc(C(C)C)ccc3N2)cc1C. The molecule has 0 aromatic heterocycles. The number of hydrogen-bond acceptors (Lipinski definition) is 1. The molecule has 0 saturated carbocycles. The van der Waals surface area contributed by atoms with E-state index in [-0.39, 0.29) is 0 Å². The summed E-state index contributed by atoms with van der Waals surface area (Å²) in [5, 5.41) is 3.66. The molecule has 1 nitrogen and oxygen atoms in total. The predicted octanol–water partition coefficient (Wildman–Crippen LogP) is 5.14. The highest BCUT2D eigenvalue weighted by Crippen LogP contribution is 2.36. The molecule has 1 unspecified atom stereocenters. The minimum atomic E-state index is 0.423. The second-order valence-electron chi connectivity index (χ2n) is 6.32. The molecule has 20 heavy (non-hydrogen) atoms. The zero-order valence-corrected chi connectivity index (χ0v) is 12.8. The average Bonchev–Trinajstić information content (AvgIpc) is 2.84. The van der Waals surface area contributed by atoms with Crippen molar-refractivity contribution in [1.29, 1.82) is 0 Å². The van der Waals surface area contributed by atoms with Crippen molar-refractivity contribution in [1.82, 2.24) is 0 Å². The first kappa shape index (κ1) is 13.2. The Morgan fingerprint density at radius 2 is 1.80 bits per heavy atom. The average molecular weight is 265 g/mol. The fraction of sp³-hybridized carbons (Fsp3) is 0.368. The van der Waals surface area contributed by atoms with E-state index in [1.807, 2.05) is 0 Å². The molecule has 1 N–H and O–H groups in total. The minimum absolute atomic E-state index is 0.423. The predicted molar refractivity (Wildman–Crippen MR) is 86.5 cm³/mol. The Labute approximate surface area is 122 Å². The van der Waals surface area contributed by atoms with Crippen LogP contribution in [0.4, 0.5) is 5.69 Å². The first-order chi connectivity index (χ1) is 9.54. The molecule has 1 heteroatoms. The van der Waals surface area contributed by atoms with Crippen LogP contribution in [-0.4, -0.2) is 0 Å². The lowest BCUT2D eigenvalue weighted by Crippen LogP contribution is -2.06. The molecule has 1 aliphatic heterocycles. The lowest BCUT2D eigenvalue weighted by Gasteiger charge is -2.13. The van der Waals surface area contributed by atoms with Gasteiger partial charge in [0.25, 0.3) is 0 Å². The van der Waals surface area contributed by atoms with E-state index in [1.54, 1.807) is 0 Å². The van der Waals surface area contributed by atoms with Crippen LogP contribution < -0.4 is 5.32 Å². The van der Waals surface area contributed by atoms with Crippen LogP contribution in [-0.2, 0) is 6.42 Å². The van der Waals surface area contributed by atoms with Gasteiger partial charge in [-0.05, 0) is 60.1 Å². The summed E-state index contributed by atoms with van der Waals surface area (Å²) in [5.41, 5.74) is 8.34. The summed E-state index contributed by atoms with van der Waals surface area (Å²) in [7, 11) is 0. The second-order valence-corrected chi connectivity index (χ2v) is 6.32. The molecular formula is C19H23N. The van der Waals surface area contributed by atoms with Crippen LogP contribution >= 0.6 is 0 Å². The van der Waals surface area contributed by atoms with Gasteiger partial charge in [0.1, 0.15) is 0 Å². The first-order valence-electron chi connectivity index (χ1n) is 7.51. The summed E-state index contributed by atoms with van der Waals surface area (Å²) in [6, 6.07) is 14.1. The maximum atomic E-state index is 3.66. The van der Waals surface area contributed by atoms with Gasteiger partial charge in [0.05, 0.1) is 6.04 Å². The summed E-state index contributed by atoms with van der Waals surface area (Å²) >= 11 is 0. The molecule has 0 amide bonds. The van der Waals surface area contributed by atoms with Crippen LogP contribution in [0.2, 0.25) is 0 Å². The Balaban J connectivity index is 1.88. The zero-order chi connectivity index (χ0) is 14.3. The van der Waals surface area contributed by atoms with E-state index < -0.39 is 0 Å². The maximum absolute atomic E-state index is 3.66. The smallest absolute Gasteiger partial charge is 0.0555 e. The van der Waals surface area contributed by atoms with Gasteiger partial charge in [-0.15, -0.1) is 0 Å². The molecule has 1 aliphatic rings. The molecule has 3 rings (SSSR count). The van der Waals surface area contributed by atoms with Crippen LogP contribution in [0.3, 0.4) is 0 Å². The third-order valence-corrected chi connectivity index (χ3v) is 4.48. The largest absolute Gasteiger partial charge is 0.378 e. The van der Waals surface area contributed by atoms with Gasteiger partial charge in [0, 0.05) is 5.69 Å². The number of hydrogen-bond donors (Lipinski definition) is 1. The Hall–Kier alpha value is -1.76. The number of rotatable bonds is 2. The first-order valence-corrected chi connectivity index (χ1v) is 7.51. The zero-order valence-electron chi connectivity index (χ0n) is 12.8. The standard InChI is InChI=1S/C19H23N/c1-12(2)15-7-8-18-17(10-15)11-19(20-18)16-6-5-13(3)14(4)9-16/h5-10,12,19-20H,11H2,1-4H3. The van der Waals surface area contributed by atoms with Crippen molar-refractivity contribution < 1.29 is 0 Å².